The molecule has 21 heavy (non-hydrogen) atoms. The minimum Gasteiger partial charge on any atom is -0.340 e. The van der Waals surface area contributed by atoms with Gasteiger partial charge in [0, 0.05) is 0 Å². The third-order valence-corrected chi connectivity index (χ3v) is 4.64. The fourth-order valence-electron chi connectivity index (χ4n) is 3.05. The molecule has 1 aromatic rings. The summed E-state index contributed by atoms with van der Waals surface area (Å²) in [6.45, 7) is 5.26. The van der Waals surface area contributed by atoms with Gasteiger partial charge in [-0.25, -0.2) is 4.39 Å². The van der Waals surface area contributed by atoms with E-state index in [1.807, 2.05) is 6.92 Å². The molecule has 1 heterocycles. The molecule has 1 aromatic carbocycles. The fourth-order valence-corrected chi connectivity index (χ4v) is 3.05. The smallest absolute Gasteiger partial charge is 0.253 e. The van der Waals surface area contributed by atoms with Crippen LogP contribution in [-0.4, -0.2) is 23.4 Å². The van der Waals surface area contributed by atoms with Crippen molar-refractivity contribution in [1.29, 1.82) is 0 Å². The number of halogens is 1. The van der Waals surface area contributed by atoms with Gasteiger partial charge in [-0.15, -0.1) is 0 Å². The summed E-state index contributed by atoms with van der Waals surface area (Å²) >= 11 is 0. The third-order valence-electron chi connectivity index (χ3n) is 4.64. The molecule has 112 valence electrons. The Bertz CT molecular complexity index is 627. The number of carbonyl (C=O) groups excluding carboxylic acids is 2. The number of nitrogens with zero attached hydrogens (tertiary/aromatic N) is 1. The summed E-state index contributed by atoms with van der Waals surface area (Å²) in [6.07, 6.45) is 1.87. The van der Waals surface area contributed by atoms with Crippen molar-refractivity contribution in [2.24, 2.45) is 5.92 Å². The quantitative estimate of drug-likeness (QED) is 0.907. The second-order valence-electron chi connectivity index (χ2n) is 6.25. The van der Waals surface area contributed by atoms with Gasteiger partial charge in [-0.3, -0.25) is 14.5 Å². The maximum atomic E-state index is 13.6. The minimum atomic E-state index is -0.873. The molecule has 4 nitrogen and oxygen atoms in total. The Morgan fingerprint density at radius 1 is 1.33 bits per heavy atom. The molecular formula is C16H19FN2O2. The summed E-state index contributed by atoms with van der Waals surface area (Å²) in [6, 6.07) is 3.68. The average molecular weight is 290 g/mol. The van der Waals surface area contributed by atoms with Gasteiger partial charge in [-0.1, -0.05) is 6.07 Å². The van der Waals surface area contributed by atoms with Crippen LogP contribution in [0, 0.1) is 18.7 Å². The van der Waals surface area contributed by atoms with Crippen molar-refractivity contribution in [1.82, 2.24) is 5.32 Å². The van der Waals surface area contributed by atoms with Crippen molar-refractivity contribution in [3.8, 4) is 0 Å². The monoisotopic (exact) mass is 290 g/mol. The van der Waals surface area contributed by atoms with Crippen LogP contribution in [-0.2, 0) is 9.59 Å². The highest BCUT2D eigenvalue weighted by molar-refractivity contribution is 6.11. The lowest BCUT2D eigenvalue weighted by Crippen LogP contribution is -2.70. The summed E-state index contributed by atoms with van der Waals surface area (Å²) in [5, 5.41) is 2.86. The number of rotatable bonds is 2. The molecule has 0 spiro atoms. The molecule has 0 bridgehead atoms. The van der Waals surface area contributed by atoms with E-state index in [1.165, 1.54) is 17.0 Å². The van der Waals surface area contributed by atoms with Crippen LogP contribution in [0.2, 0.25) is 0 Å². The molecule has 2 aliphatic rings. The molecule has 2 unspecified atom stereocenters. The van der Waals surface area contributed by atoms with Gasteiger partial charge in [0.15, 0.2) is 0 Å². The third kappa shape index (κ3) is 2.11. The van der Waals surface area contributed by atoms with E-state index in [1.54, 1.807) is 19.9 Å². The number of aryl methyl sites for hydroxylation is 1. The molecule has 0 aromatic heterocycles. The molecule has 1 saturated carbocycles. The molecule has 3 rings (SSSR count). The van der Waals surface area contributed by atoms with Gasteiger partial charge in [0.25, 0.3) is 5.91 Å². The van der Waals surface area contributed by atoms with Gasteiger partial charge in [-0.05, 0) is 57.2 Å². The number of nitrogens with one attached hydrogen (secondary N) is 1. The fraction of sp³-hybridized carbons (Fsp3) is 0.500. The van der Waals surface area contributed by atoms with E-state index in [4.69, 9.17) is 0 Å². The normalized spacial score (nSPS) is 29.5. The Balaban J connectivity index is 2.07. The van der Waals surface area contributed by atoms with E-state index in [2.05, 4.69) is 5.32 Å². The lowest BCUT2D eigenvalue weighted by Gasteiger charge is -2.44. The largest absolute Gasteiger partial charge is 0.340 e. The standard InChI is InChI=1S/C16H19FN2O2/c1-9-4-7-12(17)8-13(9)19-10(2)14(20)18-16(3,15(19)21)11-5-6-11/h4,7-8,10-11H,5-6H2,1-3H3,(H,18,20). The Morgan fingerprint density at radius 2 is 2.00 bits per heavy atom. The van der Waals surface area contributed by atoms with E-state index in [0.717, 1.165) is 18.4 Å². The van der Waals surface area contributed by atoms with Crippen LogP contribution in [0.3, 0.4) is 0 Å². The zero-order valence-corrected chi connectivity index (χ0v) is 12.4. The Morgan fingerprint density at radius 3 is 2.62 bits per heavy atom. The molecular weight excluding hydrogens is 271 g/mol. The van der Waals surface area contributed by atoms with Gasteiger partial charge in [0.2, 0.25) is 5.91 Å². The first-order chi connectivity index (χ1) is 9.84. The predicted octanol–water partition coefficient (Wildman–Crippen LogP) is 2.15. The predicted molar refractivity (Wildman–Crippen MR) is 77.4 cm³/mol. The average Bonchev–Trinajstić information content (AvgIpc) is 3.25. The van der Waals surface area contributed by atoms with Crippen molar-refractivity contribution < 1.29 is 14.0 Å². The molecule has 1 aliphatic carbocycles. The number of benzene rings is 1. The van der Waals surface area contributed by atoms with Gasteiger partial charge in [-0.2, -0.15) is 0 Å². The first kappa shape index (κ1) is 14.0. The van der Waals surface area contributed by atoms with Crippen LogP contribution in [0.5, 0.6) is 0 Å². The van der Waals surface area contributed by atoms with Crippen LogP contribution in [0.1, 0.15) is 32.3 Å². The lowest BCUT2D eigenvalue weighted by atomic mass is 9.89. The molecule has 1 aliphatic heterocycles. The van der Waals surface area contributed by atoms with E-state index < -0.39 is 17.4 Å². The highest BCUT2D eigenvalue weighted by atomic mass is 19.1. The van der Waals surface area contributed by atoms with Crippen LogP contribution < -0.4 is 10.2 Å². The minimum absolute atomic E-state index is 0.147. The highest BCUT2D eigenvalue weighted by Crippen LogP contribution is 2.43. The molecule has 1 N–H and O–H groups in total. The van der Waals surface area contributed by atoms with Crippen molar-refractivity contribution in [3.63, 3.8) is 0 Å². The summed E-state index contributed by atoms with van der Waals surface area (Å²) in [7, 11) is 0. The summed E-state index contributed by atoms with van der Waals surface area (Å²) in [4.78, 5) is 26.7. The van der Waals surface area contributed by atoms with Gasteiger partial charge in [0.1, 0.15) is 17.4 Å². The second kappa shape index (κ2) is 4.55. The van der Waals surface area contributed by atoms with Crippen molar-refractivity contribution in [2.75, 3.05) is 4.90 Å². The van der Waals surface area contributed by atoms with E-state index in [-0.39, 0.29) is 17.7 Å². The molecule has 2 atom stereocenters. The van der Waals surface area contributed by atoms with Crippen LogP contribution in [0.15, 0.2) is 18.2 Å². The van der Waals surface area contributed by atoms with Gasteiger partial charge >= 0.3 is 0 Å². The number of carbonyl (C=O) groups is 2. The van der Waals surface area contributed by atoms with E-state index in [9.17, 15) is 14.0 Å². The first-order valence-corrected chi connectivity index (χ1v) is 7.26. The number of hydrogen-bond acceptors (Lipinski definition) is 2. The van der Waals surface area contributed by atoms with Crippen molar-refractivity contribution in [2.45, 2.75) is 45.2 Å². The Labute approximate surface area is 123 Å². The van der Waals surface area contributed by atoms with Crippen molar-refractivity contribution >= 4 is 17.5 Å². The number of anilines is 1. The summed E-state index contributed by atoms with van der Waals surface area (Å²) in [5.41, 5.74) is 0.390. The topological polar surface area (TPSA) is 49.4 Å². The maximum absolute atomic E-state index is 13.6. The molecule has 2 fully saturated rings. The van der Waals surface area contributed by atoms with Crippen LogP contribution >= 0.6 is 0 Å². The number of piperazine rings is 1. The highest BCUT2D eigenvalue weighted by Gasteiger charge is 2.55. The van der Waals surface area contributed by atoms with E-state index in [0.29, 0.717) is 5.69 Å². The van der Waals surface area contributed by atoms with Crippen molar-refractivity contribution in [3.05, 3.63) is 29.6 Å². The van der Waals surface area contributed by atoms with Gasteiger partial charge in [0.05, 0.1) is 5.69 Å². The first-order valence-electron chi connectivity index (χ1n) is 7.26. The van der Waals surface area contributed by atoms with E-state index >= 15 is 0 Å². The number of amides is 2. The zero-order valence-electron chi connectivity index (χ0n) is 12.4. The Kier molecular flexibility index (Phi) is 3.04. The summed E-state index contributed by atoms with van der Waals surface area (Å²) in [5.74, 6) is -0.564. The zero-order chi connectivity index (χ0) is 15.4. The number of hydrogen-bond donors (Lipinski definition) is 1. The molecule has 1 saturated heterocycles. The SMILES string of the molecule is Cc1ccc(F)cc1N1C(=O)C(C)(C2CC2)NC(=O)C1C. The van der Waals surface area contributed by atoms with Crippen LogP contribution in [0.4, 0.5) is 10.1 Å². The van der Waals surface area contributed by atoms with Crippen LogP contribution in [0.25, 0.3) is 0 Å². The second-order valence-corrected chi connectivity index (χ2v) is 6.25. The molecule has 2 amide bonds. The lowest BCUT2D eigenvalue weighted by molar-refractivity contribution is -0.138. The molecule has 0 radical (unpaired) electrons. The molecule has 5 heteroatoms. The Hall–Kier alpha value is -1.91. The van der Waals surface area contributed by atoms with Gasteiger partial charge < -0.3 is 5.32 Å². The summed E-state index contributed by atoms with van der Waals surface area (Å²) < 4.78 is 13.6. The maximum Gasteiger partial charge on any atom is 0.253 e.